The van der Waals surface area contributed by atoms with E-state index >= 15 is 0 Å². The summed E-state index contributed by atoms with van der Waals surface area (Å²) in [6, 6.07) is 15.7. The molecule has 3 heterocycles. The van der Waals surface area contributed by atoms with Crippen LogP contribution in [0.1, 0.15) is 22.9 Å². The molecular weight excluding hydrogens is 312 g/mol. The molecule has 1 aliphatic heterocycles. The number of nitrogens with zero attached hydrogens (tertiary/aromatic N) is 3. The summed E-state index contributed by atoms with van der Waals surface area (Å²) in [6.07, 6.45) is 5.61. The maximum Gasteiger partial charge on any atom is 0.322 e. The highest BCUT2D eigenvalue weighted by atomic mass is 16.2. The number of carbonyl (C=O) groups is 1. The molecule has 1 N–H and O–H groups in total. The molecule has 126 valence electrons. The molecule has 2 amide bonds. The molecule has 0 fully saturated rings. The van der Waals surface area contributed by atoms with Crippen molar-refractivity contribution in [3.05, 3.63) is 83.9 Å². The van der Waals surface area contributed by atoms with Gasteiger partial charge in [0.2, 0.25) is 0 Å². The van der Waals surface area contributed by atoms with E-state index in [-0.39, 0.29) is 12.1 Å². The van der Waals surface area contributed by atoms with Crippen molar-refractivity contribution in [3.63, 3.8) is 0 Å². The normalized spacial score (nSPS) is 16.4. The Morgan fingerprint density at radius 2 is 1.84 bits per heavy atom. The first-order valence-electron chi connectivity index (χ1n) is 8.41. The standard InChI is InChI=1S/C20H20N4O/c1-15-4-6-17(7-5-15)22-20(25)24-14-13-23-12-2-3-18(23)19(24)16-8-10-21-11-9-16/h2-12,19H,13-14H2,1H3,(H,22,25)/t19-/m0/s1. The lowest BCUT2D eigenvalue weighted by Gasteiger charge is -2.37. The fourth-order valence-corrected chi connectivity index (χ4v) is 3.33. The van der Waals surface area contributed by atoms with Gasteiger partial charge < -0.3 is 14.8 Å². The van der Waals surface area contributed by atoms with Crippen LogP contribution in [-0.4, -0.2) is 27.0 Å². The molecule has 0 spiro atoms. The average Bonchev–Trinajstić information content (AvgIpc) is 3.12. The fraction of sp³-hybridized carbons (Fsp3) is 0.200. The van der Waals surface area contributed by atoms with Crippen molar-refractivity contribution in [1.29, 1.82) is 0 Å². The number of anilines is 1. The Morgan fingerprint density at radius 1 is 1.08 bits per heavy atom. The highest BCUT2D eigenvalue weighted by Gasteiger charge is 2.32. The number of rotatable bonds is 2. The van der Waals surface area contributed by atoms with Gasteiger partial charge in [-0.3, -0.25) is 4.98 Å². The zero-order chi connectivity index (χ0) is 17.2. The minimum Gasteiger partial charge on any atom is -0.348 e. The molecule has 3 aromatic rings. The first-order valence-corrected chi connectivity index (χ1v) is 8.41. The van der Waals surface area contributed by atoms with E-state index in [2.05, 4.69) is 27.1 Å². The van der Waals surface area contributed by atoms with Crippen LogP contribution in [0.25, 0.3) is 0 Å². The predicted octanol–water partition coefficient (Wildman–Crippen LogP) is 3.83. The van der Waals surface area contributed by atoms with Crippen LogP contribution < -0.4 is 5.32 Å². The molecule has 0 aliphatic carbocycles. The van der Waals surface area contributed by atoms with Gasteiger partial charge in [-0.2, -0.15) is 0 Å². The van der Waals surface area contributed by atoms with Crippen molar-refractivity contribution in [3.8, 4) is 0 Å². The minimum absolute atomic E-state index is 0.0851. The summed E-state index contributed by atoms with van der Waals surface area (Å²) in [4.78, 5) is 19.0. The Hall–Kier alpha value is -3.08. The average molecular weight is 332 g/mol. The largest absolute Gasteiger partial charge is 0.348 e. The van der Waals surface area contributed by atoms with Crippen LogP contribution in [0.2, 0.25) is 0 Å². The molecule has 0 bridgehead atoms. The first-order chi connectivity index (χ1) is 12.2. The molecule has 25 heavy (non-hydrogen) atoms. The minimum atomic E-state index is -0.114. The van der Waals surface area contributed by atoms with Crippen molar-refractivity contribution < 1.29 is 4.79 Å². The third kappa shape index (κ3) is 3.01. The maximum atomic E-state index is 13.0. The number of aryl methyl sites for hydroxylation is 1. The second-order valence-corrected chi connectivity index (χ2v) is 6.30. The number of urea groups is 1. The van der Waals surface area contributed by atoms with Crippen molar-refractivity contribution in [2.45, 2.75) is 19.5 Å². The van der Waals surface area contributed by atoms with E-state index in [1.54, 1.807) is 12.4 Å². The predicted molar refractivity (Wildman–Crippen MR) is 97.4 cm³/mol. The molecule has 5 nitrogen and oxygen atoms in total. The Morgan fingerprint density at radius 3 is 2.60 bits per heavy atom. The Balaban J connectivity index is 1.65. The van der Waals surface area contributed by atoms with Crippen molar-refractivity contribution >= 4 is 11.7 Å². The Bertz CT molecular complexity index is 870. The highest BCUT2D eigenvalue weighted by molar-refractivity contribution is 5.90. The second kappa shape index (κ2) is 6.43. The van der Waals surface area contributed by atoms with Crippen molar-refractivity contribution in [1.82, 2.24) is 14.5 Å². The third-order valence-corrected chi connectivity index (χ3v) is 4.62. The van der Waals surface area contributed by atoms with Gasteiger partial charge in [0.05, 0.1) is 6.04 Å². The number of hydrogen-bond acceptors (Lipinski definition) is 2. The van der Waals surface area contributed by atoms with Gasteiger partial charge in [-0.25, -0.2) is 4.79 Å². The third-order valence-electron chi connectivity index (χ3n) is 4.62. The lowest BCUT2D eigenvalue weighted by atomic mass is 10.0. The summed E-state index contributed by atoms with van der Waals surface area (Å²) >= 11 is 0. The summed E-state index contributed by atoms with van der Waals surface area (Å²) in [7, 11) is 0. The van der Waals surface area contributed by atoms with Crippen LogP contribution in [0.15, 0.2) is 67.1 Å². The van der Waals surface area contributed by atoms with Gasteiger partial charge in [-0.05, 0) is 48.9 Å². The summed E-state index contributed by atoms with van der Waals surface area (Å²) in [5.41, 5.74) is 4.17. The van der Waals surface area contributed by atoms with Gasteiger partial charge in [0.15, 0.2) is 0 Å². The van der Waals surface area contributed by atoms with Gasteiger partial charge in [0, 0.05) is 43.1 Å². The highest BCUT2D eigenvalue weighted by Crippen LogP contribution is 2.32. The summed E-state index contributed by atoms with van der Waals surface area (Å²) in [5, 5.41) is 3.02. The van der Waals surface area contributed by atoms with Gasteiger partial charge >= 0.3 is 6.03 Å². The Kier molecular flexibility index (Phi) is 3.98. The molecule has 0 saturated heterocycles. The molecule has 1 aliphatic rings. The quantitative estimate of drug-likeness (QED) is 0.775. The van der Waals surface area contributed by atoms with E-state index in [1.807, 2.05) is 54.3 Å². The first kappa shape index (κ1) is 15.4. The van der Waals surface area contributed by atoms with Crippen LogP contribution >= 0.6 is 0 Å². The summed E-state index contributed by atoms with van der Waals surface area (Å²) < 4.78 is 2.21. The van der Waals surface area contributed by atoms with Crippen molar-refractivity contribution in [2.24, 2.45) is 0 Å². The van der Waals surface area contributed by atoms with E-state index < -0.39 is 0 Å². The number of fused-ring (bicyclic) bond motifs is 1. The molecule has 0 radical (unpaired) electrons. The van der Waals surface area contributed by atoms with Gasteiger partial charge in [0.1, 0.15) is 0 Å². The second-order valence-electron chi connectivity index (χ2n) is 6.30. The molecule has 1 aromatic carbocycles. The van der Waals surface area contributed by atoms with Gasteiger partial charge in [-0.1, -0.05) is 17.7 Å². The maximum absolute atomic E-state index is 13.0. The fourth-order valence-electron chi connectivity index (χ4n) is 3.33. The molecule has 0 unspecified atom stereocenters. The number of pyridine rings is 1. The zero-order valence-corrected chi connectivity index (χ0v) is 14.1. The summed E-state index contributed by atoms with van der Waals surface area (Å²) in [5.74, 6) is 0. The van der Waals surface area contributed by atoms with Crippen LogP contribution in [0.4, 0.5) is 10.5 Å². The van der Waals surface area contributed by atoms with E-state index in [9.17, 15) is 4.79 Å². The number of carbonyl (C=O) groups excluding carboxylic acids is 1. The number of nitrogens with one attached hydrogen (secondary N) is 1. The molecule has 1 atom stereocenters. The van der Waals surface area contributed by atoms with Crippen LogP contribution in [0.3, 0.4) is 0 Å². The topological polar surface area (TPSA) is 50.2 Å². The molecule has 2 aromatic heterocycles. The smallest absolute Gasteiger partial charge is 0.322 e. The van der Waals surface area contributed by atoms with E-state index in [1.165, 1.54) is 5.56 Å². The van der Waals surface area contributed by atoms with E-state index in [0.717, 1.165) is 23.5 Å². The van der Waals surface area contributed by atoms with Crippen molar-refractivity contribution in [2.75, 3.05) is 11.9 Å². The van der Waals surface area contributed by atoms with Crippen LogP contribution in [0, 0.1) is 6.92 Å². The van der Waals surface area contributed by atoms with Gasteiger partial charge in [-0.15, -0.1) is 0 Å². The number of aromatic nitrogens is 2. The van der Waals surface area contributed by atoms with Gasteiger partial charge in [0.25, 0.3) is 0 Å². The van der Waals surface area contributed by atoms with Crippen LogP contribution in [-0.2, 0) is 6.54 Å². The molecule has 5 heteroatoms. The monoisotopic (exact) mass is 332 g/mol. The van der Waals surface area contributed by atoms with E-state index in [0.29, 0.717) is 6.54 Å². The molecule has 0 saturated carbocycles. The zero-order valence-electron chi connectivity index (χ0n) is 14.1. The number of hydrogen-bond donors (Lipinski definition) is 1. The number of amides is 2. The lowest BCUT2D eigenvalue weighted by molar-refractivity contribution is 0.182. The lowest BCUT2D eigenvalue weighted by Crippen LogP contribution is -2.44. The SMILES string of the molecule is Cc1ccc(NC(=O)N2CCn3cccc3[C@@H]2c2ccncc2)cc1. The molecular formula is C20H20N4O. The summed E-state index contributed by atoms with van der Waals surface area (Å²) in [6.45, 7) is 3.49. The Labute approximate surface area is 146 Å². The molecule has 4 rings (SSSR count). The number of benzene rings is 1. The van der Waals surface area contributed by atoms with Crippen LogP contribution in [0.5, 0.6) is 0 Å². The van der Waals surface area contributed by atoms with E-state index in [4.69, 9.17) is 0 Å².